The van der Waals surface area contributed by atoms with Crippen LogP contribution < -0.4 is 0 Å². The van der Waals surface area contributed by atoms with Crippen LogP contribution in [0.4, 0.5) is 4.39 Å². The predicted molar refractivity (Wildman–Crippen MR) is 55.4 cm³/mol. The van der Waals surface area contributed by atoms with Gasteiger partial charge in [-0.25, -0.2) is 4.39 Å². The van der Waals surface area contributed by atoms with Crippen molar-refractivity contribution in [2.75, 3.05) is 0 Å². The van der Waals surface area contributed by atoms with Crippen molar-refractivity contribution in [1.29, 1.82) is 0 Å². The molecule has 3 nitrogen and oxygen atoms in total. The molecule has 0 saturated heterocycles. The van der Waals surface area contributed by atoms with Gasteiger partial charge in [0, 0.05) is 0 Å². The van der Waals surface area contributed by atoms with Gasteiger partial charge in [-0.05, 0) is 48.3 Å². The van der Waals surface area contributed by atoms with E-state index < -0.39 is 3.68 Å². The molecule has 13 heavy (non-hydrogen) atoms. The topological polar surface area (TPSA) is 41.6 Å². The van der Waals surface area contributed by atoms with Crippen molar-refractivity contribution in [3.05, 3.63) is 11.4 Å². The average Bonchev–Trinajstić information content (AvgIpc) is 2.49. The van der Waals surface area contributed by atoms with Gasteiger partial charge in [0.25, 0.3) is 0 Å². The van der Waals surface area contributed by atoms with Gasteiger partial charge < -0.3 is 0 Å². The van der Waals surface area contributed by atoms with Crippen LogP contribution in [0.5, 0.6) is 0 Å². The number of nitrogens with zero attached hydrogens (tertiary/aromatic N) is 2. The van der Waals surface area contributed by atoms with Crippen LogP contribution in [0.25, 0.3) is 0 Å². The van der Waals surface area contributed by atoms with E-state index in [-0.39, 0.29) is 0 Å². The minimum absolute atomic E-state index is 0.507. The fraction of sp³-hybridized carbons (Fsp3) is 0.750. The SMILES string of the molecule is FC1(I)CCCCCc2[nH]nnc21. The lowest BCUT2D eigenvalue weighted by Crippen LogP contribution is -2.16. The summed E-state index contributed by atoms with van der Waals surface area (Å²) in [5, 5.41) is 10.3. The molecule has 0 fully saturated rings. The Morgan fingerprint density at radius 3 is 3.08 bits per heavy atom. The molecule has 1 aromatic rings. The minimum Gasteiger partial charge on any atom is -0.262 e. The standard InChI is InChI=1S/C8H11FIN3/c9-8(10)5-3-1-2-4-6-7(8)12-13-11-6/h1-5H2,(H,11,12,13). The Kier molecular flexibility index (Phi) is 2.53. The average molecular weight is 295 g/mol. The number of rotatable bonds is 0. The second-order valence-corrected chi connectivity index (χ2v) is 5.11. The Hall–Kier alpha value is -0.200. The smallest absolute Gasteiger partial charge is 0.206 e. The van der Waals surface area contributed by atoms with Crippen LogP contribution in [0, 0.1) is 0 Å². The van der Waals surface area contributed by atoms with Crippen molar-refractivity contribution in [1.82, 2.24) is 15.4 Å². The number of fused-ring (bicyclic) bond motifs is 1. The highest BCUT2D eigenvalue weighted by atomic mass is 127. The van der Waals surface area contributed by atoms with Gasteiger partial charge in [-0.15, -0.1) is 5.10 Å². The Balaban J connectivity index is 2.36. The number of aryl methyl sites for hydroxylation is 1. The lowest BCUT2D eigenvalue weighted by Gasteiger charge is -2.19. The molecule has 0 spiro atoms. The Morgan fingerprint density at radius 1 is 1.38 bits per heavy atom. The summed E-state index contributed by atoms with van der Waals surface area (Å²) >= 11 is 1.83. The third kappa shape index (κ3) is 1.84. The molecule has 1 unspecified atom stereocenters. The van der Waals surface area contributed by atoms with Crippen LogP contribution in [0.2, 0.25) is 0 Å². The number of alkyl halides is 2. The summed E-state index contributed by atoms with van der Waals surface area (Å²) in [4.78, 5) is 0. The number of hydrogen-bond donors (Lipinski definition) is 1. The first-order valence-electron chi connectivity index (χ1n) is 4.48. The molecule has 1 aliphatic rings. The van der Waals surface area contributed by atoms with E-state index in [4.69, 9.17) is 0 Å². The molecule has 1 atom stereocenters. The molecular formula is C8H11FIN3. The van der Waals surface area contributed by atoms with Crippen molar-refractivity contribution in [2.45, 2.75) is 35.8 Å². The Bertz CT molecular complexity index is 297. The minimum atomic E-state index is -1.32. The van der Waals surface area contributed by atoms with Gasteiger partial charge in [0.15, 0.2) is 0 Å². The van der Waals surface area contributed by atoms with Gasteiger partial charge in [0.2, 0.25) is 3.68 Å². The summed E-state index contributed by atoms with van der Waals surface area (Å²) in [6.07, 6.45) is 4.55. The van der Waals surface area contributed by atoms with Gasteiger partial charge in [-0.1, -0.05) is 11.6 Å². The normalized spacial score (nSPS) is 29.1. The number of aromatic nitrogens is 3. The van der Waals surface area contributed by atoms with Gasteiger partial charge in [0.1, 0.15) is 5.69 Å². The molecule has 2 rings (SSSR count). The molecular weight excluding hydrogens is 284 g/mol. The highest BCUT2D eigenvalue weighted by Gasteiger charge is 2.34. The van der Waals surface area contributed by atoms with Crippen molar-refractivity contribution in [3.63, 3.8) is 0 Å². The van der Waals surface area contributed by atoms with Crippen molar-refractivity contribution < 1.29 is 4.39 Å². The number of H-pyrrole nitrogens is 1. The maximum atomic E-state index is 14.0. The third-order valence-corrected chi connectivity index (χ3v) is 3.44. The van der Waals surface area contributed by atoms with Gasteiger partial charge in [-0.3, -0.25) is 5.10 Å². The van der Waals surface area contributed by atoms with Gasteiger partial charge >= 0.3 is 0 Å². The number of nitrogens with one attached hydrogen (secondary N) is 1. The lowest BCUT2D eigenvalue weighted by molar-refractivity contribution is 0.276. The van der Waals surface area contributed by atoms with E-state index in [0.29, 0.717) is 12.1 Å². The highest BCUT2D eigenvalue weighted by Crippen LogP contribution is 2.40. The number of hydrogen-bond acceptors (Lipinski definition) is 2. The predicted octanol–water partition coefficient (Wildman–Crippen LogP) is 2.48. The highest BCUT2D eigenvalue weighted by molar-refractivity contribution is 14.1. The molecule has 0 aromatic carbocycles. The van der Waals surface area contributed by atoms with Crippen molar-refractivity contribution in [3.8, 4) is 0 Å². The summed E-state index contributed by atoms with van der Waals surface area (Å²) in [5.74, 6) is 0. The zero-order chi connectivity index (χ0) is 9.31. The maximum absolute atomic E-state index is 14.0. The molecule has 1 heterocycles. The van der Waals surface area contributed by atoms with E-state index in [0.717, 1.165) is 31.4 Å². The van der Waals surface area contributed by atoms with E-state index in [1.807, 2.05) is 22.6 Å². The second-order valence-electron chi connectivity index (χ2n) is 3.40. The summed E-state index contributed by atoms with van der Waals surface area (Å²) in [6, 6.07) is 0. The zero-order valence-electron chi connectivity index (χ0n) is 7.19. The van der Waals surface area contributed by atoms with Crippen LogP contribution in [-0.4, -0.2) is 15.4 Å². The fourth-order valence-corrected chi connectivity index (χ4v) is 2.48. The first-order chi connectivity index (χ1) is 6.20. The zero-order valence-corrected chi connectivity index (χ0v) is 9.34. The Morgan fingerprint density at radius 2 is 2.23 bits per heavy atom. The number of aromatic amines is 1. The molecule has 1 N–H and O–H groups in total. The molecule has 5 heteroatoms. The van der Waals surface area contributed by atoms with Crippen molar-refractivity contribution in [2.24, 2.45) is 0 Å². The Labute approximate surface area is 89.6 Å². The van der Waals surface area contributed by atoms with E-state index >= 15 is 0 Å². The fourth-order valence-electron chi connectivity index (χ4n) is 1.66. The van der Waals surface area contributed by atoms with E-state index in [2.05, 4.69) is 15.4 Å². The first-order valence-corrected chi connectivity index (χ1v) is 5.56. The molecule has 1 aromatic heterocycles. The molecule has 0 radical (unpaired) electrons. The third-order valence-electron chi connectivity index (χ3n) is 2.38. The maximum Gasteiger partial charge on any atom is 0.206 e. The molecule has 72 valence electrons. The summed E-state index contributed by atoms with van der Waals surface area (Å²) < 4.78 is 12.7. The lowest BCUT2D eigenvalue weighted by atomic mass is 10.0. The summed E-state index contributed by atoms with van der Waals surface area (Å²) in [7, 11) is 0. The monoisotopic (exact) mass is 295 g/mol. The van der Waals surface area contributed by atoms with E-state index in [1.165, 1.54) is 0 Å². The largest absolute Gasteiger partial charge is 0.262 e. The summed E-state index contributed by atoms with van der Waals surface area (Å²) in [6.45, 7) is 0. The molecule has 0 amide bonds. The second kappa shape index (κ2) is 3.51. The molecule has 0 bridgehead atoms. The van der Waals surface area contributed by atoms with Crippen LogP contribution in [0.15, 0.2) is 0 Å². The molecule has 0 aliphatic heterocycles. The van der Waals surface area contributed by atoms with Gasteiger partial charge in [-0.2, -0.15) is 0 Å². The van der Waals surface area contributed by atoms with E-state index in [1.54, 1.807) is 0 Å². The summed E-state index contributed by atoms with van der Waals surface area (Å²) in [5.41, 5.74) is 1.38. The van der Waals surface area contributed by atoms with Crippen LogP contribution in [0.1, 0.15) is 37.1 Å². The van der Waals surface area contributed by atoms with Crippen LogP contribution >= 0.6 is 22.6 Å². The van der Waals surface area contributed by atoms with Crippen molar-refractivity contribution >= 4 is 22.6 Å². The van der Waals surface area contributed by atoms with Crippen LogP contribution in [0.3, 0.4) is 0 Å². The number of halogens is 2. The first kappa shape index (κ1) is 9.36. The molecule has 0 saturated carbocycles. The van der Waals surface area contributed by atoms with Gasteiger partial charge in [0.05, 0.1) is 5.69 Å². The quantitative estimate of drug-likeness (QED) is 0.590. The van der Waals surface area contributed by atoms with Crippen LogP contribution in [-0.2, 0) is 10.1 Å². The van der Waals surface area contributed by atoms with E-state index in [9.17, 15) is 4.39 Å². The molecule has 1 aliphatic carbocycles.